The molecule has 212 valence electrons. The topological polar surface area (TPSA) is 18.5 Å². The van der Waals surface area contributed by atoms with Crippen molar-refractivity contribution >= 4 is 16.6 Å². The Bertz CT molecular complexity index is 878. The lowest BCUT2D eigenvalue weighted by Gasteiger charge is -2.61. The molecule has 0 amide bonds. The Hall–Kier alpha value is -0.326. The minimum Gasteiger partial charge on any atom is -0.545 e. The quantitative estimate of drug-likeness (QED) is 0.269. The molecule has 0 aromatic carbocycles. The molecule has 0 spiro atoms. The van der Waals surface area contributed by atoms with E-state index in [1.165, 1.54) is 44.9 Å². The van der Waals surface area contributed by atoms with Crippen molar-refractivity contribution in [3.8, 4) is 0 Å². The van der Waals surface area contributed by atoms with E-state index in [4.69, 9.17) is 8.85 Å². The highest BCUT2D eigenvalue weighted by Gasteiger charge is 2.62. The summed E-state index contributed by atoms with van der Waals surface area (Å²) in [7, 11) is -3.27. The van der Waals surface area contributed by atoms with Crippen LogP contribution in [-0.4, -0.2) is 22.7 Å². The van der Waals surface area contributed by atoms with E-state index in [1.54, 1.807) is 5.57 Å². The minimum atomic E-state index is -1.66. The second kappa shape index (κ2) is 10.6. The molecular weight excluding hydrogens is 485 g/mol. The van der Waals surface area contributed by atoms with Crippen molar-refractivity contribution in [2.75, 3.05) is 0 Å². The lowest BCUT2D eigenvalue weighted by Crippen LogP contribution is -2.57. The molecule has 0 aromatic heterocycles. The van der Waals surface area contributed by atoms with E-state index in [1.807, 2.05) is 0 Å². The molecule has 8 atom stereocenters. The zero-order valence-corrected chi connectivity index (χ0v) is 28.4. The first-order valence-corrected chi connectivity index (χ1v) is 22.6. The van der Waals surface area contributed by atoms with Crippen molar-refractivity contribution in [2.24, 2.45) is 46.3 Å². The molecule has 4 heteroatoms. The molecule has 3 fully saturated rings. The van der Waals surface area contributed by atoms with Gasteiger partial charge >= 0.3 is 0 Å². The zero-order valence-electron chi connectivity index (χ0n) is 26.4. The summed E-state index contributed by atoms with van der Waals surface area (Å²) in [6.07, 6.45) is 17.5. The van der Waals surface area contributed by atoms with Crippen molar-refractivity contribution in [1.29, 1.82) is 0 Å². The summed E-state index contributed by atoms with van der Waals surface area (Å²) < 4.78 is 13.7. The van der Waals surface area contributed by atoms with Crippen LogP contribution in [-0.2, 0) is 8.85 Å². The Kier molecular flexibility index (Phi) is 8.48. The Morgan fingerprint density at radius 2 is 1.62 bits per heavy atom. The lowest BCUT2D eigenvalue weighted by molar-refractivity contribution is -0.104. The summed E-state index contributed by atoms with van der Waals surface area (Å²) in [5.41, 5.74) is 2.40. The summed E-state index contributed by atoms with van der Waals surface area (Å²) in [6.45, 7) is 26.8. The van der Waals surface area contributed by atoms with Crippen molar-refractivity contribution in [2.45, 2.75) is 138 Å². The largest absolute Gasteiger partial charge is 0.545 e. The van der Waals surface area contributed by atoms with Crippen LogP contribution >= 0.6 is 0 Å². The van der Waals surface area contributed by atoms with Gasteiger partial charge < -0.3 is 8.85 Å². The third-order valence-corrected chi connectivity index (χ3v) is 12.8. The number of fused-ring (bicyclic) bond motifs is 5. The van der Waals surface area contributed by atoms with Crippen LogP contribution in [0.3, 0.4) is 0 Å². The molecule has 0 heterocycles. The zero-order chi connectivity index (χ0) is 27.4. The van der Waals surface area contributed by atoms with Gasteiger partial charge in [-0.15, -0.1) is 0 Å². The first-order chi connectivity index (χ1) is 17.0. The molecule has 4 aliphatic carbocycles. The van der Waals surface area contributed by atoms with Gasteiger partial charge in [0, 0.05) is 0 Å². The predicted octanol–water partition coefficient (Wildman–Crippen LogP) is 10.2. The van der Waals surface area contributed by atoms with Crippen molar-refractivity contribution < 1.29 is 8.85 Å². The molecule has 0 aliphatic heterocycles. The van der Waals surface area contributed by atoms with Gasteiger partial charge in [0.25, 0.3) is 0 Å². The van der Waals surface area contributed by atoms with Crippen molar-refractivity contribution in [3.63, 3.8) is 0 Å². The Labute approximate surface area is 232 Å². The molecule has 3 saturated carbocycles. The maximum Gasteiger partial charge on any atom is 0.242 e. The molecule has 3 unspecified atom stereocenters. The van der Waals surface area contributed by atoms with Gasteiger partial charge in [0.15, 0.2) is 8.32 Å². The fraction of sp³-hybridized carbons (Fsp3) is 0.879. The van der Waals surface area contributed by atoms with E-state index < -0.39 is 16.6 Å². The monoisotopic (exact) mass is 544 g/mol. The summed E-state index contributed by atoms with van der Waals surface area (Å²) in [4.78, 5) is 0. The van der Waals surface area contributed by atoms with Crippen LogP contribution in [0.5, 0.6) is 0 Å². The van der Waals surface area contributed by atoms with Gasteiger partial charge in [-0.25, -0.2) is 0 Å². The van der Waals surface area contributed by atoms with Crippen LogP contribution in [0, 0.1) is 46.3 Å². The SMILES string of the molecule is CC(C)CCC[C@@H](C)[C@H]1CCC2C3C(CC[C@@]21C)[C@@]1(C)CC=C(O[Si](C)(C)C)C=C1C[C@@H]3O[Si](C)(C)C. The summed E-state index contributed by atoms with van der Waals surface area (Å²) in [6, 6.07) is 0. The minimum absolute atomic E-state index is 0.276. The van der Waals surface area contributed by atoms with E-state index in [9.17, 15) is 0 Å². The third-order valence-electron chi connectivity index (χ3n) is 10.9. The fourth-order valence-electron chi connectivity index (χ4n) is 9.35. The number of allylic oxidation sites excluding steroid dienone is 2. The molecule has 37 heavy (non-hydrogen) atoms. The second-order valence-corrected chi connectivity index (χ2v) is 25.3. The number of rotatable bonds is 9. The normalized spacial score (nSPS) is 38.9. The highest BCUT2D eigenvalue weighted by atomic mass is 28.4. The standard InChI is InChI=1S/C33H60O2Si2/c1-23(2)13-12-14-24(3)27-15-16-28-31-29(18-20-33(27,28)5)32(4)19-17-26(34-36(6,7)8)21-25(32)22-30(31)35-37(9,10)11/h17,21,23-24,27-31H,12-16,18-20,22H2,1-11H3/t24-,27-,28?,29?,30+,31?,32+,33-/m1/s1. The summed E-state index contributed by atoms with van der Waals surface area (Å²) in [5.74, 6) is 6.02. The van der Waals surface area contributed by atoms with Crippen LogP contribution in [0.4, 0.5) is 0 Å². The molecule has 4 rings (SSSR count). The van der Waals surface area contributed by atoms with Gasteiger partial charge in [0.2, 0.25) is 8.32 Å². The number of hydrogen-bond acceptors (Lipinski definition) is 2. The van der Waals surface area contributed by atoms with Gasteiger partial charge in [-0.3, -0.25) is 0 Å². The van der Waals surface area contributed by atoms with Crippen molar-refractivity contribution in [3.05, 3.63) is 23.5 Å². The van der Waals surface area contributed by atoms with E-state index >= 15 is 0 Å². The fourth-order valence-corrected chi connectivity index (χ4v) is 11.4. The summed E-state index contributed by atoms with van der Waals surface area (Å²) >= 11 is 0. The molecule has 2 nitrogen and oxygen atoms in total. The van der Waals surface area contributed by atoms with E-state index in [0.29, 0.717) is 17.4 Å². The van der Waals surface area contributed by atoms with Gasteiger partial charge in [-0.2, -0.15) is 0 Å². The molecule has 0 aromatic rings. The van der Waals surface area contributed by atoms with Gasteiger partial charge in [0.05, 0.1) is 11.9 Å². The van der Waals surface area contributed by atoms with Crippen LogP contribution in [0.2, 0.25) is 39.3 Å². The van der Waals surface area contributed by atoms with E-state index in [2.05, 4.69) is 86.1 Å². The van der Waals surface area contributed by atoms with E-state index in [-0.39, 0.29) is 5.41 Å². The third kappa shape index (κ3) is 6.22. The molecule has 0 radical (unpaired) electrons. The molecule has 0 bridgehead atoms. The maximum atomic E-state index is 7.16. The van der Waals surface area contributed by atoms with E-state index in [0.717, 1.165) is 48.2 Å². The highest BCUT2D eigenvalue weighted by Crippen LogP contribution is 2.68. The Morgan fingerprint density at radius 3 is 2.24 bits per heavy atom. The first-order valence-electron chi connectivity index (χ1n) is 15.8. The van der Waals surface area contributed by atoms with Gasteiger partial charge in [-0.1, -0.05) is 59.5 Å². The molecular formula is C33H60O2Si2. The van der Waals surface area contributed by atoms with Gasteiger partial charge in [0.1, 0.15) is 0 Å². The first kappa shape index (κ1) is 29.7. The predicted molar refractivity (Wildman–Crippen MR) is 165 cm³/mol. The average molecular weight is 545 g/mol. The van der Waals surface area contributed by atoms with Gasteiger partial charge in [-0.05, 0) is 136 Å². The number of hydrogen-bond donors (Lipinski definition) is 0. The van der Waals surface area contributed by atoms with Crippen LogP contribution in [0.15, 0.2) is 23.5 Å². The highest BCUT2D eigenvalue weighted by molar-refractivity contribution is 6.70. The van der Waals surface area contributed by atoms with Crippen LogP contribution in [0.1, 0.15) is 92.4 Å². The van der Waals surface area contributed by atoms with Crippen molar-refractivity contribution in [1.82, 2.24) is 0 Å². The Balaban J connectivity index is 1.61. The second-order valence-electron chi connectivity index (χ2n) is 16.4. The molecule has 4 aliphatic rings. The van der Waals surface area contributed by atoms with Crippen LogP contribution in [0.25, 0.3) is 0 Å². The van der Waals surface area contributed by atoms with Crippen LogP contribution < -0.4 is 0 Å². The average Bonchev–Trinajstić information content (AvgIpc) is 3.09. The Morgan fingerprint density at radius 1 is 0.919 bits per heavy atom. The summed E-state index contributed by atoms with van der Waals surface area (Å²) in [5, 5.41) is 0. The smallest absolute Gasteiger partial charge is 0.242 e. The maximum absolute atomic E-state index is 7.16. The lowest BCUT2D eigenvalue weighted by atomic mass is 9.46. The molecule has 0 saturated heterocycles. The molecule has 0 N–H and O–H groups in total.